The molecular formula is C28H41N7O2S. The summed E-state index contributed by atoms with van der Waals surface area (Å²) < 4.78 is 10.4. The van der Waals surface area contributed by atoms with Gasteiger partial charge in [-0.1, -0.05) is 33.9 Å². The molecule has 38 heavy (non-hydrogen) atoms. The van der Waals surface area contributed by atoms with Crippen molar-refractivity contribution in [2.24, 2.45) is 10.4 Å². The fourth-order valence-corrected chi connectivity index (χ4v) is 4.65. The van der Waals surface area contributed by atoms with Gasteiger partial charge in [0.15, 0.2) is 5.82 Å². The van der Waals surface area contributed by atoms with Crippen molar-refractivity contribution < 1.29 is 9.53 Å². The highest BCUT2D eigenvalue weighted by Crippen LogP contribution is 2.31. The van der Waals surface area contributed by atoms with E-state index in [0.717, 1.165) is 37.8 Å². The summed E-state index contributed by atoms with van der Waals surface area (Å²) >= 11 is 1.10. The van der Waals surface area contributed by atoms with Crippen LogP contribution in [0.3, 0.4) is 0 Å². The van der Waals surface area contributed by atoms with Crippen LogP contribution in [0.25, 0.3) is 5.82 Å². The Labute approximate surface area is 231 Å². The molecule has 9 nitrogen and oxygen atoms in total. The summed E-state index contributed by atoms with van der Waals surface area (Å²) in [6.07, 6.45) is 6.30. The zero-order chi connectivity index (χ0) is 27.9. The maximum absolute atomic E-state index is 13.4. The minimum atomic E-state index is -0.268. The highest BCUT2D eigenvalue weighted by Gasteiger charge is 2.30. The molecule has 0 unspecified atom stereocenters. The van der Waals surface area contributed by atoms with Crippen LogP contribution in [-0.4, -0.2) is 51.0 Å². The monoisotopic (exact) mass is 539 g/mol. The first-order chi connectivity index (χ1) is 17.9. The molecule has 0 saturated heterocycles. The van der Waals surface area contributed by atoms with E-state index in [1.165, 1.54) is 0 Å². The van der Waals surface area contributed by atoms with Crippen LogP contribution in [0.15, 0.2) is 54.4 Å². The first-order valence-corrected chi connectivity index (χ1v) is 13.8. The van der Waals surface area contributed by atoms with Gasteiger partial charge in [0.2, 0.25) is 5.88 Å². The second-order valence-corrected chi connectivity index (χ2v) is 11.9. The van der Waals surface area contributed by atoms with Crippen molar-refractivity contribution in [1.29, 1.82) is 0 Å². The molecule has 206 valence electrons. The fourth-order valence-electron chi connectivity index (χ4n) is 4.10. The Bertz CT molecular complexity index is 1180. The van der Waals surface area contributed by atoms with Gasteiger partial charge in [0.1, 0.15) is 16.7 Å². The molecule has 2 aromatic heterocycles. The molecule has 3 heterocycles. The highest BCUT2D eigenvalue weighted by molar-refractivity contribution is 8.13. The second-order valence-electron chi connectivity index (χ2n) is 11.1. The Kier molecular flexibility index (Phi) is 9.65. The minimum absolute atomic E-state index is 0.0222. The van der Waals surface area contributed by atoms with Crippen molar-refractivity contribution >= 4 is 28.7 Å². The number of hydrogen-bond donors (Lipinski definition) is 2. The third kappa shape index (κ3) is 7.86. The fraction of sp³-hybridized carbons (Fsp3) is 0.500. The molecular weight excluding hydrogens is 498 g/mol. The summed E-state index contributed by atoms with van der Waals surface area (Å²) in [6.45, 7) is 22.6. The number of fused-ring (bicyclic) bond motifs is 1. The van der Waals surface area contributed by atoms with E-state index >= 15 is 0 Å². The van der Waals surface area contributed by atoms with Crippen molar-refractivity contribution in [3.8, 4) is 11.7 Å². The second kappa shape index (κ2) is 12.5. The molecule has 10 heteroatoms. The average molecular weight is 540 g/mol. The maximum atomic E-state index is 13.4. The van der Waals surface area contributed by atoms with E-state index in [-0.39, 0.29) is 16.9 Å². The summed E-state index contributed by atoms with van der Waals surface area (Å²) in [7, 11) is 0. The molecule has 3 rings (SSSR count). The van der Waals surface area contributed by atoms with E-state index in [1.54, 1.807) is 22.9 Å². The molecule has 2 N–H and O–H groups in total. The lowest BCUT2D eigenvalue weighted by Crippen LogP contribution is -2.45. The standard InChI is InChI=1S/C28H41N7O2S/c1-9-24-30-20(3)29-17-12-11-16-28(7,8)34(10-2)25-21(26(36)33-38-24)13-14-22(31-25)35-18-15-23(32-35)37-19-27(4,5)6/h9,13-15,18,29H,1,3,10-12,16-17,19H2,2,4-8H3,(H,33,36)/b30-24+. The Hall–Kier alpha value is -3.27. The van der Waals surface area contributed by atoms with Crippen LogP contribution in [0.1, 0.15) is 71.2 Å². The van der Waals surface area contributed by atoms with E-state index in [2.05, 4.69) is 79.7 Å². The lowest BCUT2D eigenvalue weighted by atomic mass is 9.94. The normalized spacial score (nSPS) is 18.7. The SMILES string of the molecule is C=C/C1=N\C(=C)NCCCCC(C)(C)N(CC)c2nc(-n3ccc(OCC(C)(C)C)n3)ccc2C(=O)NS1. The topological polar surface area (TPSA) is 96.7 Å². The van der Waals surface area contributed by atoms with Crippen LogP contribution < -0.4 is 19.7 Å². The van der Waals surface area contributed by atoms with Gasteiger partial charge in [-0.15, -0.1) is 5.10 Å². The number of aromatic nitrogens is 3. The predicted octanol–water partition coefficient (Wildman–Crippen LogP) is 5.50. The lowest BCUT2D eigenvalue weighted by molar-refractivity contribution is 0.0984. The summed E-state index contributed by atoms with van der Waals surface area (Å²) in [6, 6.07) is 5.42. The highest BCUT2D eigenvalue weighted by atomic mass is 32.2. The zero-order valence-corrected chi connectivity index (χ0v) is 24.3. The molecule has 1 amide bonds. The van der Waals surface area contributed by atoms with Crippen LogP contribution in [0, 0.1) is 5.41 Å². The molecule has 0 atom stereocenters. The summed E-state index contributed by atoms with van der Waals surface area (Å²) in [5.74, 6) is 2.02. The van der Waals surface area contributed by atoms with E-state index in [4.69, 9.17) is 9.72 Å². The van der Waals surface area contributed by atoms with Crippen molar-refractivity contribution in [2.45, 2.75) is 66.3 Å². The quantitative estimate of drug-likeness (QED) is 0.484. The Morgan fingerprint density at radius 2 is 2.00 bits per heavy atom. The Morgan fingerprint density at radius 3 is 2.68 bits per heavy atom. The average Bonchev–Trinajstić information content (AvgIpc) is 3.33. The molecule has 0 spiro atoms. The van der Waals surface area contributed by atoms with Crippen molar-refractivity contribution in [3.63, 3.8) is 0 Å². The first kappa shape index (κ1) is 29.3. The lowest BCUT2D eigenvalue weighted by Gasteiger charge is -2.40. The van der Waals surface area contributed by atoms with Gasteiger partial charge in [0, 0.05) is 42.8 Å². The van der Waals surface area contributed by atoms with Gasteiger partial charge in [-0.2, -0.15) is 0 Å². The van der Waals surface area contributed by atoms with E-state index in [9.17, 15) is 4.79 Å². The molecule has 0 fully saturated rings. The number of carbonyl (C=O) groups excluding carboxylic acids is 1. The molecule has 0 bridgehead atoms. The number of aliphatic imine (C=N–C) groups is 1. The van der Waals surface area contributed by atoms with E-state index < -0.39 is 0 Å². The number of amides is 1. The van der Waals surface area contributed by atoms with Crippen LogP contribution in [0.2, 0.25) is 0 Å². The van der Waals surface area contributed by atoms with Crippen molar-refractivity contribution in [3.05, 3.63) is 55.0 Å². The van der Waals surface area contributed by atoms with Crippen molar-refractivity contribution in [1.82, 2.24) is 24.8 Å². The summed E-state index contributed by atoms with van der Waals surface area (Å²) in [4.78, 5) is 25.0. The number of hydrogen-bond acceptors (Lipinski definition) is 8. The largest absolute Gasteiger partial charge is 0.476 e. The number of rotatable bonds is 5. The van der Waals surface area contributed by atoms with Crippen LogP contribution in [0.4, 0.5) is 5.82 Å². The summed E-state index contributed by atoms with van der Waals surface area (Å²) in [5.41, 5.74) is 0.255. The first-order valence-electron chi connectivity index (χ1n) is 13.0. The Balaban J connectivity index is 2.01. The number of anilines is 1. The third-order valence-corrected chi connectivity index (χ3v) is 6.83. The molecule has 2 aromatic rings. The molecule has 0 saturated carbocycles. The summed E-state index contributed by atoms with van der Waals surface area (Å²) in [5, 5.41) is 8.36. The van der Waals surface area contributed by atoms with Crippen molar-refractivity contribution in [2.75, 3.05) is 24.6 Å². The number of pyridine rings is 1. The van der Waals surface area contributed by atoms with Gasteiger partial charge >= 0.3 is 0 Å². The number of nitrogens with zero attached hydrogens (tertiary/aromatic N) is 5. The smallest absolute Gasteiger partial charge is 0.265 e. The zero-order valence-electron chi connectivity index (χ0n) is 23.5. The number of carbonyl (C=O) groups is 1. The number of nitrogens with one attached hydrogen (secondary N) is 2. The van der Waals surface area contributed by atoms with Crippen LogP contribution in [0.5, 0.6) is 5.88 Å². The molecule has 0 radical (unpaired) electrons. The van der Waals surface area contributed by atoms with Crippen LogP contribution in [-0.2, 0) is 0 Å². The maximum Gasteiger partial charge on any atom is 0.265 e. The molecule has 0 aromatic carbocycles. The van der Waals surface area contributed by atoms with Gasteiger partial charge < -0.3 is 15.0 Å². The van der Waals surface area contributed by atoms with E-state index in [1.807, 2.05) is 12.3 Å². The van der Waals surface area contributed by atoms with Gasteiger partial charge in [-0.25, -0.2) is 14.7 Å². The Morgan fingerprint density at radius 1 is 1.24 bits per heavy atom. The molecule has 1 aliphatic heterocycles. The number of ether oxygens (including phenoxy) is 1. The van der Waals surface area contributed by atoms with Gasteiger partial charge in [0.05, 0.1) is 12.2 Å². The van der Waals surface area contributed by atoms with Gasteiger partial charge in [-0.3, -0.25) is 9.52 Å². The van der Waals surface area contributed by atoms with E-state index in [0.29, 0.717) is 47.1 Å². The predicted molar refractivity (Wildman–Crippen MR) is 157 cm³/mol. The minimum Gasteiger partial charge on any atom is -0.476 e. The third-order valence-electron chi connectivity index (χ3n) is 6.07. The molecule has 1 aliphatic rings. The van der Waals surface area contributed by atoms with Crippen LogP contribution >= 0.6 is 11.9 Å². The van der Waals surface area contributed by atoms with Gasteiger partial charge in [0.25, 0.3) is 5.91 Å². The molecule has 0 aliphatic carbocycles. The van der Waals surface area contributed by atoms with Gasteiger partial charge in [-0.05, 0) is 63.7 Å².